The van der Waals surface area contributed by atoms with Crippen molar-refractivity contribution in [2.45, 2.75) is 17.7 Å². The third-order valence-corrected chi connectivity index (χ3v) is 6.70. The summed E-state index contributed by atoms with van der Waals surface area (Å²) in [6, 6.07) is 11.1. The molecule has 9 heteroatoms. The number of carbonyl (C=O) groups excluding carboxylic acids is 2. The van der Waals surface area contributed by atoms with Crippen molar-refractivity contribution in [1.82, 2.24) is 4.90 Å². The van der Waals surface area contributed by atoms with Crippen molar-refractivity contribution in [2.75, 3.05) is 18.4 Å². The highest BCUT2D eigenvalue weighted by Crippen LogP contribution is 2.45. The number of piperidine rings is 1. The highest BCUT2D eigenvalue weighted by molar-refractivity contribution is 7.89. The molecule has 1 saturated carbocycles. The second-order valence-corrected chi connectivity index (χ2v) is 9.48. The molecule has 2 aromatic rings. The maximum absolute atomic E-state index is 12.8. The first kappa shape index (κ1) is 19.9. The Bertz CT molecular complexity index is 1090. The quantitative estimate of drug-likeness (QED) is 0.753. The van der Waals surface area contributed by atoms with Gasteiger partial charge in [-0.3, -0.25) is 9.59 Å². The number of likely N-dealkylation sites (tertiary alicyclic amines) is 1. The largest absolute Gasteiger partial charge is 0.338 e. The third kappa shape index (κ3) is 4.29. The van der Waals surface area contributed by atoms with Gasteiger partial charge in [-0.2, -0.15) is 0 Å². The van der Waals surface area contributed by atoms with Crippen LogP contribution in [0.2, 0.25) is 5.02 Å². The lowest BCUT2D eigenvalue weighted by Gasteiger charge is -2.20. The average molecular weight is 434 g/mol. The molecular weight excluding hydrogens is 414 g/mol. The molecule has 29 heavy (non-hydrogen) atoms. The predicted molar refractivity (Wildman–Crippen MR) is 109 cm³/mol. The van der Waals surface area contributed by atoms with Crippen LogP contribution in [0, 0.1) is 11.8 Å². The van der Waals surface area contributed by atoms with Crippen LogP contribution in [0.1, 0.15) is 22.3 Å². The van der Waals surface area contributed by atoms with E-state index in [0.717, 1.165) is 6.42 Å². The van der Waals surface area contributed by atoms with E-state index < -0.39 is 10.0 Å². The number of rotatable bonds is 5. The number of sulfonamides is 1. The molecule has 0 bridgehead atoms. The molecule has 0 spiro atoms. The van der Waals surface area contributed by atoms with Gasteiger partial charge in [-0.15, -0.1) is 0 Å². The standard InChI is InChI=1S/C20H20ClN3O4S/c21-17-4-2-1-3-12(17)8-19(25)23-15-5-6-16(18(9-15)29(22,27)28)20(26)24-10-13-7-14(13)11-24/h1-6,9,13-14H,7-8,10-11H2,(H,23,25)(H2,22,27,28). The zero-order valence-corrected chi connectivity index (χ0v) is 17.0. The number of anilines is 1. The number of hydrogen-bond acceptors (Lipinski definition) is 4. The van der Waals surface area contributed by atoms with Crippen molar-refractivity contribution in [3.05, 3.63) is 58.6 Å². The van der Waals surface area contributed by atoms with E-state index in [1.807, 2.05) is 0 Å². The number of hydrogen-bond donors (Lipinski definition) is 2. The van der Waals surface area contributed by atoms with Gasteiger partial charge in [-0.1, -0.05) is 29.8 Å². The zero-order valence-electron chi connectivity index (χ0n) is 15.5. The highest BCUT2D eigenvalue weighted by Gasteiger charge is 2.47. The summed E-state index contributed by atoms with van der Waals surface area (Å²) in [6.45, 7) is 1.29. The van der Waals surface area contributed by atoms with Crippen LogP contribution in [0.25, 0.3) is 0 Å². The first-order valence-corrected chi connectivity index (χ1v) is 11.1. The van der Waals surface area contributed by atoms with E-state index in [4.69, 9.17) is 16.7 Å². The molecule has 4 rings (SSSR count). The SMILES string of the molecule is NS(=O)(=O)c1cc(NC(=O)Cc2ccccc2Cl)ccc1C(=O)N1CC2CC2C1. The summed E-state index contributed by atoms with van der Waals surface area (Å²) >= 11 is 6.07. The number of amides is 2. The molecule has 2 amide bonds. The van der Waals surface area contributed by atoms with Crippen LogP contribution < -0.4 is 10.5 Å². The summed E-state index contributed by atoms with van der Waals surface area (Å²) in [5.41, 5.74) is 0.919. The van der Waals surface area contributed by atoms with Crippen molar-refractivity contribution >= 4 is 39.1 Å². The van der Waals surface area contributed by atoms with Gasteiger partial charge in [0.2, 0.25) is 15.9 Å². The Morgan fingerprint density at radius 1 is 1.14 bits per heavy atom. The third-order valence-electron chi connectivity index (χ3n) is 5.38. The maximum Gasteiger partial charge on any atom is 0.255 e. The molecule has 7 nitrogen and oxygen atoms in total. The molecule has 2 atom stereocenters. The topological polar surface area (TPSA) is 110 Å². The Balaban J connectivity index is 1.55. The summed E-state index contributed by atoms with van der Waals surface area (Å²) < 4.78 is 24.2. The molecule has 1 saturated heterocycles. The van der Waals surface area contributed by atoms with Gasteiger partial charge < -0.3 is 10.2 Å². The van der Waals surface area contributed by atoms with Crippen molar-refractivity contribution in [1.29, 1.82) is 0 Å². The van der Waals surface area contributed by atoms with Crippen molar-refractivity contribution in [3.63, 3.8) is 0 Å². The van der Waals surface area contributed by atoms with E-state index in [9.17, 15) is 18.0 Å². The molecule has 0 radical (unpaired) electrons. The first-order chi connectivity index (χ1) is 13.7. The van der Waals surface area contributed by atoms with Crippen molar-refractivity contribution in [3.8, 4) is 0 Å². The van der Waals surface area contributed by atoms with E-state index in [1.165, 1.54) is 18.2 Å². The normalized spacial score (nSPS) is 20.3. The monoisotopic (exact) mass is 433 g/mol. The van der Waals surface area contributed by atoms with Crippen LogP contribution >= 0.6 is 11.6 Å². The van der Waals surface area contributed by atoms with Crippen LogP contribution in [-0.2, 0) is 21.2 Å². The van der Waals surface area contributed by atoms with E-state index in [0.29, 0.717) is 35.5 Å². The van der Waals surface area contributed by atoms with Crippen LogP contribution in [0.5, 0.6) is 0 Å². The molecule has 2 aliphatic rings. The molecule has 2 aromatic carbocycles. The molecule has 3 N–H and O–H groups in total. The van der Waals surface area contributed by atoms with Crippen molar-refractivity contribution < 1.29 is 18.0 Å². The van der Waals surface area contributed by atoms with Gasteiger partial charge >= 0.3 is 0 Å². The van der Waals surface area contributed by atoms with Gasteiger partial charge in [0.15, 0.2) is 0 Å². The minimum Gasteiger partial charge on any atom is -0.338 e. The van der Waals surface area contributed by atoms with E-state index in [1.54, 1.807) is 29.2 Å². The Labute approximate surface area is 173 Å². The van der Waals surface area contributed by atoms with Crippen LogP contribution in [0.15, 0.2) is 47.4 Å². The fourth-order valence-electron chi connectivity index (χ4n) is 3.77. The number of halogens is 1. The van der Waals surface area contributed by atoms with Crippen LogP contribution in [0.4, 0.5) is 5.69 Å². The molecule has 1 aliphatic carbocycles. The number of nitrogens with one attached hydrogen (secondary N) is 1. The van der Waals surface area contributed by atoms with Crippen molar-refractivity contribution in [2.24, 2.45) is 17.0 Å². The summed E-state index contributed by atoms with van der Waals surface area (Å²) in [7, 11) is -4.15. The minimum atomic E-state index is -4.15. The summed E-state index contributed by atoms with van der Waals surface area (Å²) in [5.74, 6) is 0.341. The number of nitrogens with two attached hydrogens (primary N) is 1. The Kier molecular flexibility index (Phi) is 5.10. The summed E-state index contributed by atoms with van der Waals surface area (Å²) in [6.07, 6.45) is 1.16. The predicted octanol–water partition coefficient (Wildman–Crippen LogP) is 2.26. The molecule has 2 unspecified atom stereocenters. The lowest BCUT2D eigenvalue weighted by molar-refractivity contribution is -0.115. The number of fused-ring (bicyclic) bond motifs is 1. The highest BCUT2D eigenvalue weighted by atomic mass is 35.5. The Morgan fingerprint density at radius 2 is 1.83 bits per heavy atom. The second kappa shape index (κ2) is 7.44. The lowest BCUT2D eigenvalue weighted by atomic mass is 10.1. The Hall–Kier alpha value is -2.42. The summed E-state index contributed by atoms with van der Waals surface area (Å²) in [4.78, 5) is 26.5. The molecule has 1 heterocycles. The van der Waals surface area contributed by atoms with E-state index >= 15 is 0 Å². The van der Waals surface area contributed by atoms with Gasteiger partial charge in [0.05, 0.1) is 16.9 Å². The number of nitrogens with zero attached hydrogens (tertiary/aromatic N) is 1. The zero-order chi connectivity index (χ0) is 20.8. The number of carbonyl (C=O) groups is 2. The Morgan fingerprint density at radius 3 is 2.48 bits per heavy atom. The smallest absolute Gasteiger partial charge is 0.255 e. The van der Waals surface area contributed by atoms with Gasteiger partial charge in [-0.05, 0) is 48.1 Å². The lowest BCUT2D eigenvalue weighted by Crippen LogP contribution is -2.32. The van der Waals surface area contributed by atoms with Gasteiger partial charge in [0, 0.05) is 23.8 Å². The number of benzene rings is 2. The fourth-order valence-corrected chi connectivity index (χ4v) is 4.72. The number of primary sulfonamides is 1. The maximum atomic E-state index is 12.8. The van der Waals surface area contributed by atoms with Crippen LogP contribution in [-0.4, -0.2) is 38.2 Å². The molecule has 0 aromatic heterocycles. The summed E-state index contributed by atoms with van der Waals surface area (Å²) in [5, 5.41) is 8.45. The van der Waals surface area contributed by atoms with Crippen LogP contribution in [0.3, 0.4) is 0 Å². The second-order valence-electron chi connectivity index (χ2n) is 7.54. The average Bonchev–Trinajstić information content (AvgIpc) is 3.27. The van der Waals surface area contributed by atoms with Gasteiger partial charge in [0.1, 0.15) is 0 Å². The first-order valence-electron chi connectivity index (χ1n) is 9.22. The minimum absolute atomic E-state index is 0.0258. The molecule has 1 aliphatic heterocycles. The molecular formula is C20H20ClN3O4S. The van der Waals surface area contributed by atoms with Gasteiger partial charge in [-0.25, -0.2) is 13.6 Å². The van der Waals surface area contributed by atoms with E-state index in [-0.39, 0.29) is 34.4 Å². The molecule has 2 fully saturated rings. The molecule has 152 valence electrons. The fraction of sp³-hybridized carbons (Fsp3) is 0.300. The van der Waals surface area contributed by atoms with E-state index in [2.05, 4.69) is 5.32 Å². The van der Waals surface area contributed by atoms with Gasteiger partial charge in [0.25, 0.3) is 5.91 Å².